The van der Waals surface area contributed by atoms with Crippen molar-refractivity contribution in [3.05, 3.63) is 22.2 Å². The molecule has 1 aromatic carbocycles. The van der Waals surface area contributed by atoms with Crippen molar-refractivity contribution in [2.75, 3.05) is 14.1 Å². The number of carboxylic acids is 1. The molecular formula is C11H12BrNO5S. The van der Waals surface area contributed by atoms with Crippen LogP contribution in [0.5, 0.6) is 5.75 Å². The molecule has 1 atom stereocenters. The smallest absolute Gasteiger partial charge is 0.345 e. The third-order valence-corrected chi connectivity index (χ3v) is 5.20. The van der Waals surface area contributed by atoms with Crippen LogP contribution in [0.15, 0.2) is 21.5 Å². The number of halogens is 1. The van der Waals surface area contributed by atoms with Gasteiger partial charge in [-0.25, -0.2) is 17.5 Å². The van der Waals surface area contributed by atoms with Gasteiger partial charge in [-0.05, 0) is 28.1 Å². The Balaban J connectivity index is 2.49. The number of sulfonamides is 1. The summed E-state index contributed by atoms with van der Waals surface area (Å²) in [6.07, 6.45) is -0.816. The summed E-state index contributed by atoms with van der Waals surface area (Å²) in [7, 11) is -0.683. The first-order valence-corrected chi connectivity index (χ1v) is 7.61. The van der Waals surface area contributed by atoms with Crippen molar-refractivity contribution in [1.29, 1.82) is 0 Å². The first-order valence-electron chi connectivity index (χ1n) is 5.38. The molecule has 6 nitrogen and oxygen atoms in total. The Morgan fingerprint density at radius 3 is 2.63 bits per heavy atom. The van der Waals surface area contributed by atoms with Gasteiger partial charge in [0.05, 0.1) is 9.37 Å². The molecule has 1 aromatic rings. The molecule has 1 unspecified atom stereocenters. The zero-order chi connectivity index (χ0) is 14.4. The van der Waals surface area contributed by atoms with Crippen LogP contribution in [0.4, 0.5) is 0 Å². The largest absolute Gasteiger partial charge is 0.478 e. The minimum atomic E-state index is -3.56. The van der Waals surface area contributed by atoms with Gasteiger partial charge in [-0.15, -0.1) is 0 Å². The van der Waals surface area contributed by atoms with Crippen molar-refractivity contribution in [2.45, 2.75) is 17.4 Å². The molecule has 0 spiro atoms. The van der Waals surface area contributed by atoms with E-state index in [-0.39, 0.29) is 11.3 Å². The van der Waals surface area contributed by atoms with Gasteiger partial charge in [0.15, 0.2) is 6.10 Å². The molecule has 0 aromatic heterocycles. The van der Waals surface area contributed by atoms with Crippen molar-refractivity contribution in [1.82, 2.24) is 4.31 Å². The van der Waals surface area contributed by atoms with Gasteiger partial charge in [0, 0.05) is 26.1 Å². The molecule has 1 aliphatic rings. The highest BCUT2D eigenvalue weighted by Crippen LogP contribution is 2.38. The summed E-state index contributed by atoms with van der Waals surface area (Å²) in [6, 6.07) is 2.87. The number of carbonyl (C=O) groups is 1. The standard InChI is InChI=1S/C11H12BrNO5S/c1-13(2)19(16,17)7-3-6-4-9(11(14)15)18-10(6)8(12)5-7/h3,5,9H,4H2,1-2H3,(H,14,15). The van der Waals surface area contributed by atoms with Crippen molar-refractivity contribution in [3.63, 3.8) is 0 Å². The number of hydrogen-bond acceptors (Lipinski definition) is 4. The fraction of sp³-hybridized carbons (Fsp3) is 0.364. The summed E-state index contributed by atoms with van der Waals surface area (Å²) in [4.78, 5) is 11.0. The molecule has 1 N–H and O–H groups in total. The minimum absolute atomic E-state index is 0.109. The number of benzene rings is 1. The molecule has 8 heteroatoms. The molecule has 0 saturated heterocycles. The maximum Gasteiger partial charge on any atom is 0.345 e. The number of aliphatic carboxylic acids is 1. The molecule has 2 rings (SSSR count). The van der Waals surface area contributed by atoms with E-state index in [9.17, 15) is 13.2 Å². The summed E-state index contributed by atoms with van der Waals surface area (Å²) in [5.74, 6) is -0.676. The summed E-state index contributed by atoms with van der Waals surface area (Å²) in [6.45, 7) is 0. The number of fused-ring (bicyclic) bond motifs is 1. The topological polar surface area (TPSA) is 83.9 Å². The van der Waals surface area contributed by atoms with Gasteiger partial charge in [-0.3, -0.25) is 0 Å². The average molecular weight is 350 g/mol. The molecule has 104 valence electrons. The highest BCUT2D eigenvalue weighted by atomic mass is 79.9. The molecule has 1 aliphatic heterocycles. The number of carboxylic acid groups (broad SMARTS) is 1. The molecular weight excluding hydrogens is 338 g/mol. The van der Waals surface area contributed by atoms with Crippen LogP contribution in [-0.2, 0) is 21.2 Å². The van der Waals surface area contributed by atoms with Crippen molar-refractivity contribution >= 4 is 31.9 Å². The Morgan fingerprint density at radius 1 is 1.47 bits per heavy atom. The first kappa shape index (κ1) is 14.3. The first-order chi connectivity index (χ1) is 8.73. The maximum atomic E-state index is 12.0. The van der Waals surface area contributed by atoms with Crippen LogP contribution in [-0.4, -0.2) is 44.0 Å². The summed E-state index contributed by atoms with van der Waals surface area (Å²) >= 11 is 3.22. The van der Waals surface area contributed by atoms with Gasteiger partial charge in [0.1, 0.15) is 5.75 Å². The Bertz CT molecular complexity index is 641. The van der Waals surface area contributed by atoms with Crippen molar-refractivity contribution in [3.8, 4) is 5.75 Å². The highest BCUT2D eigenvalue weighted by Gasteiger charge is 2.32. The Kier molecular flexibility index (Phi) is 3.59. The second-order valence-electron chi connectivity index (χ2n) is 4.33. The summed E-state index contributed by atoms with van der Waals surface area (Å²) in [5.41, 5.74) is 0.571. The van der Waals surface area contributed by atoms with E-state index in [1.807, 2.05) is 0 Å². The lowest BCUT2D eigenvalue weighted by molar-refractivity contribution is -0.144. The molecule has 0 bridgehead atoms. The zero-order valence-electron chi connectivity index (χ0n) is 10.3. The van der Waals surface area contributed by atoms with Gasteiger partial charge in [-0.2, -0.15) is 0 Å². The molecule has 0 aliphatic carbocycles. The fourth-order valence-electron chi connectivity index (χ4n) is 1.79. The summed E-state index contributed by atoms with van der Waals surface area (Å²) in [5, 5.41) is 8.93. The lowest BCUT2D eigenvalue weighted by atomic mass is 10.1. The Morgan fingerprint density at radius 2 is 2.11 bits per heavy atom. The van der Waals surface area contributed by atoms with E-state index in [1.54, 1.807) is 0 Å². The quantitative estimate of drug-likeness (QED) is 0.882. The van der Waals surface area contributed by atoms with Crippen molar-refractivity contribution in [2.24, 2.45) is 0 Å². The van der Waals surface area contributed by atoms with Gasteiger partial charge in [0.25, 0.3) is 0 Å². The average Bonchev–Trinajstić information content (AvgIpc) is 2.73. The molecule has 0 radical (unpaired) electrons. The van der Waals surface area contributed by atoms with Crippen LogP contribution in [0.25, 0.3) is 0 Å². The van der Waals surface area contributed by atoms with E-state index in [0.717, 1.165) is 4.31 Å². The Labute approximate surface area is 119 Å². The van der Waals surface area contributed by atoms with E-state index in [4.69, 9.17) is 9.84 Å². The predicted molar refractivity (Wildman–Crippen MR) is 70.8 cm³/mol. The van der Waals surface area contributed by atoms with Crippen molar-refractivity contribution < 1.29 is 23.1 Å². The predicted octanol–water partition coefficient (Wildman–Crippen LogP) is 1.09. The second kappa shape index (κ2) is 4.77. The van der Waals surface area contributed by atoms with Crippen LogP contribution in [0.3, 0.4) is 0 Å². The third-order valence-electron chi connectivity index (χ3n) is 2.81. The number of hydrogen-bond donors (Lipinski definition) is 1. The van der Waals surface area contributed by atoms with E-state index >= 15 is 0 Å². The van der Waals surface area contributed by atoms with Crippen LogP contribution in [0.1, 0.15) is 5.56 Å². The molecule has 0 fully saturated rings. The van der Waals surface area contributed by atoms with Crippen LogP contribution in [0.2, 0.25) is 0 Å². The van der Waals surface area contributed by atoms with Gasteiger partial charge < -0.3 is 9.84 Å². The van der Waals surface area contributed by atoms with E-state index < -0.39 is 22.1 Å². The lowest BCUT2D eigenvalue weighted by Crippen LogP contribution is -2.24. The molecule has 0 amide bonds. The number of ether oxygens (including phenoxy) is 1. The monoisotopic (exact) mass is 349 g/mol. The summed E-state index contributed by atoms with van der Waals surface area (Å²) < 4.78 is 30.9. The lowest BCUT2D eigenvalue weighted by Gasteiger charge is -2.13. The number of rotatable bonds is 3. The highest BCUT2D eigenvalue weighted by molar-refractivity contribution is 9.10. The SMILES string of the molecule is CN(C)S(=O)(=O)c1cc(Br)c2c(c1)CC(C(=O)O)O2. The van der Waals surface area contributed by atoms with Gasteiger partial charge in [-0.1, -0.05) is 0 Å². The third kappa shape index (κ3) is 2.47. The van der Waals surface area contributed by atoms with E-state index in [1.165, 1.54) is 26.2 Å². The molecule has 1 heterocycles. The molecule has 19 heavy (non-hydrogen) atoms. The van der Waals surface area contributed by atoms with Gasteiger partial charge in [0.2, 0.25) is 10.0 Å². The fourth-order valence-corrected chi connectivity index (χ4v) is 3.51. The molecule has 0 saturated carbocycles. The van der Waals surface area contributed by atoms with Crippen LogP contribution in [0, 0.1) is 0 Å². The minimum Gasteiger partial charge on any atom is -0.478 e. The van der Waals surface area contributed by atoms with E-state index in [0.29, 0.717) is 15.8 Å². The Hall–Kier alpha value is -1.12. The maximum absolute atomic E-state index is 12.0. The zero-order valence-corrected chi connectivity index (χ0v) is 12.7. The second-order valence-corrected chi connectivity index (χ2v) is 7.34. The number of nitrogens with zero attached hydrogens (tertiary/aromatic N) is 1. The van der Waals surface area contributed by atoms with Crippen LogP contribution >= 0.6 is 15.9 Å². The normalized spacial score (nSPS) is 18.2. The van der Waals surface area contributed by atoms with Gasteiger partial charge >= 0.3 is 5.97 Å². The van der Waals surface area contributed by atoms with E-state index in [2.05, 4.69) is 15.9 Å². The van der Waals surface area contributed by atoms with Crippen LogP contribution < -0.4 is 4.74 Å².